The molecule has 0 rings (SSSR count). The molecule has 0 aromatic rings. The number of nitrogens with zero attached hydrogens (tertiary/aromatic N) is 1. The number of amides is 1. The number of carbonyl (C=O) groups is 1. The molecule has 9 heavy (non-hydrogen) atoms. The fraction of sp³-hybridized carbons (Fsp3) is 0.333. The van der Waals surface area contributed by atoms with Crippen molar-refractivity contribution in [3.05, 3.63) is 0 Å². The first kappa shape index (κ1) is 12.2. The molecule has 0 fully saturated rings. The van der Waals surface area contributed by atoms with Crippen LogP contribution in [0.4, 0.5) is 0 Å². The first-order chi connectivity index (χ1) is 3.50. The fourth-order valence-corrected chi connectivity index (χ4v) is 0.0551. The molecule has 0 aliphatic rings. The van der Waals surface area contributed by atoms with Crippen LogP contribution < -0.4 is 62.9 Å². The zero-order valence-electron chi connectivity index (χ0n) is 5.96. The summed E-state index contributed by atoms with van der Waals surface area (Å²) in [7, 11) is 0. The molecule has 46 valence electrons. The number of primary amides is 1. The van der Waals surface area contributed by atoms with Gasteiger partial charge in [0, 0.05) is 0 Å². The van der Waals surface area contributed by atoms with E-state index in [1.807, 2.05) is 0 Å². The second-order valence-electron chi connectivity index (χ2n) is 1.24. The van der Waals surface area contributed by atoms with Gasteiger partial charge in [-0.15, -0.1) is 0 Å². The van der Waals surface area contributed by atoms with Crippen molar-refractivity contribution in [3.63, 3.8) is 0 Å². The van der Waals surface area contributed by atoms with Gasteiger partial charge in [0.2, 0.25) is 0 Å². The second-order valence-corrected chi connectivity index (χ2v) is 1.24. The van der Waals surface area contributed by atoms with Gasteiger partial charge >= 0.3 is 51.4 Å². The molecule has 0 saturated heterocycles. The van der Waals surface area contributed by atoms with Gasteiger partial charge in [0.15, 0.2) is 0 Å². The summed E-state index contributed by atoms with van der Waals surface area (Å²) in [4.78, 5) is 9.88. The molecule has 5 N–H and O–H groups in total. The van der Waals surface area contributed by atoms with Crippen molar-refractivity contribution in [1.82, 2.24) is 0 Å². The zero-order valence-corrected chi connectivity index (χ0v) is 8.08. The van der Waals surface area contributed by atoms with Crippen molar-refractivity contribution in [2.45, 2.75) is 5.72 Å². The molecule has 6 heteroatoms. The third-order valence-electron chi connectivity index (χ3n) is 0.546. The predicted molar refractivity (Wildman–Crippen MR) is 25.1 cm³/mol. The van der Waals surface area contributed by atoms with Crippen molar-refractivity contribution in [2.24, 2.45) is 11.5 Å². The van der Waals surface area contributed by atoms with Crippen molar-refractivity contribution < 1.29 is 62.7 Å². The summed E-state index contributed by atoms with van der Waals surface area (Å²) >= 11 is 0. The molecular formula is C3H6KN3O2. The quantitative estimate of drug-likeness (QED) is 0.199. The summed E-state index contributed by atoms with van der Waals surface area (Å²) in [5, 5.41) is 16.2. The summed E-state index contributed by atoms with van der Waals surface area (Å²) in [6.45, 7) is 0. The molecule has 1 unspecified atom stereocenters. The van der Waals surface area contributed by atoms with E-state index in [0.717, 1.165) is 6.07 Å². The summed E-state index contributed by atoms with van der Waals surface area (Å²) in [5.41, 5.74) is 6.51. The van der Waals surface area contributed by atoms with Crippen LogP contribution in [-0.4, -0.2) is 16.7 Å². The largest absolute Gasteiger partial charge is 1.00 e. The van der Waals surface area contributed by atoms with E-state index >= 15 is 0 Å². The first-order valence-electron chi connectivity index (χ1n) is 1.73. The van der Waals surface area contributed by atoms with E-state index in [2.05, 4.69) is 11.5 Å². The Morgan fingerprint density at radius 1 is 1.89 bits per heavy atom. The van der Waals surface area contributed by atoms with Crippen molar-refractivity contribution in [3.8, 4) is 6.07 Å². The average Bonchev–Trinajstić information content (AvgIpc) is 1.67. The molecule has 0 aliphatic heterocycles. The minimum Gasteiger partial charge on any atom is -1.00 e. The molecule has 0 aromatic heterocycles. The van der Waals surface area contributed by atoms with Gasteiger partial charge < -0.3 is 12.3 Å². The van der Waals surface area contributed by atoms with Crippen molar-refractivity contribution in [1.29, 1.82) is 5.26 Å². The Morgan fingerprint density at radius 3 is 2.22 bits per heavy atom. The Bertz CT molecular complexity index is 154. The maximum absolute atomic E-state index is 9.88. The maximum Gasteiger partial charge on any atom is 1.00 e. The van der Waals surface area contributed by atoms with E-state index in [1.165, 1.54) is 0 Å². The fourth-order valence-electron chi connectivity index (χ4n) is 0.0551. The Balaban J connectivity index is -0.000000245. The molecule has 0 heterocycles. The molecule has 1 atom stereocenters. The predicted octanol–water partition coefficient (Wildman–Crippen LogP) is -5.24. The van der Waals surface area contributed by atoms with Gasteiger partial charge in [-0.1, -0.05) is 0 Å². The van der Waals surface area contributed by atoms with E-state index in [-0.39, 0.29) is 52.8 Å². The average molecular weight is 155 g/mol. The van der Waals surface area contributed by atoms with Crippen LogP contribution in [-0.2, 0) is 4.79 Å². The van der Waals surface area contributed by atoms with Crippen LogP contribution in [0.25, 0.3) is 0 Å². The number of hydrogen-bond donors (Lipinski definition) is 3. The summed E-state index contributed by atoms with van der Waals surface area (Å²) in [5.74, 6) is -1.25. The van der Waals surface area contributed by atoms with E-state index in [4.69, 9.17) is 10.4 Å². The van der Waals surface area contributed by atoms with E-state index in [9.17, 15) is 4.79 Å². The molecule has 1 amide bonds. The maximum atomic E-state index is 9.88. The molecule has 0 saturated carbocycles. The Kier molecular flexibility index (Phi) is 5.91. The number of rotatable bonds is 1. The van der Waals surface area contributed by atoms with Crippen LogP contribution in [0.3, 0.4) is 0 Å². The normalized spacial score (nSPS) is 14.3. The number of carbonyl (C=O) groups excluding carboxylic acids is 1. The van der Waals surface area contributed by atoms with Crippen LogP contribution in [0.1, 0.15) is 1.43 Å². The Hall–Kier alpha value is 0.516. The Labute approximate surface area is 95.9 Å². The molecule has 0 radical (unpaired) electrons. The molecule has 0 bridgehead atoms. The number of aliphatic hydroxyl groups is 1. The van der Waals surface area contributed by atoms with E-state index in [0.29, 0.717) is 0 Å². The minimum atomic E-state index is -2.51. The number of hydrogen-bond acceptors (Lipinski definition) is 4. The summed E-state index contributed by atoms with van der Waals surface area (Å²) in [6, 6.07) is 1.10. The first-order valence-corrected chi connectivity index (χ1v) is 1.73. The van der Waals surface area contributed by atoms with Crippen LogP contribution in [0.5, 0.6) is 0 Å². The van der Waals surface area contributed by atoms with Crippen LogP contribution in [0.2, 0.25) is 0 Å². The topological polar surface area (TPSA) is 113 Å². The standard InChI is InChI=1S/C3H5N3O2.K.H/c4-1-3(6,8)2(5)7;;/h8H,6H2,(H2,5,7);;/q;+1;-1. The number of nitriles is 1. The smallest absolute Gasteiger partial charge is 1.00 e. The second kappa shape index (κ2) is 4.35. The van der Waals surface area contributed by atoms with Gasteiger partial charge in [0.25, 0.3) is 11.6 Å². The monoisotopic (exact) mass is 155 g/mol. The number of nitrogens with two attached hydrogens (primary N) is 2. The van der Waals surface area contributed by atoms with Crippen LogP contribution in [0, 0.1) is 11.3 Å². The van der Waals surface area contributed by atoms with Gasteiger partial charge in [-0.2, -0.15) is 5.26 Å². The molecule has 0 spiro atoms. The van der Waals surface area contributed by atoms with Gasteiger partial charge in [-0.05, 0) is 0 Å². The third-order valence-corrected chi connectivity index (χ3v) is 0.546. The van der Waals surface area contributed by atoms with Gasteiger partial charge in [0.05, 0.1) is 0 Å². The third kappa shape index (κ3) is 3.99. The molecular weight excluding hydrogens is 149 g/mol. The molecule has 0 aromatic carbocycles. The van der Waals surface area contributed by atoms with E-state index < -0.39 is 11.6 Å². The zero-order chi connectivity index (χ0) is 6.78. The van der Waals surface area contributed by atoms with Crippen molar-refractivity contribution in [2.75, 3.05) is 0 Å². The SMILES string of the molecule is N#CC(N)(O)C(N)=O.[H-].[K+]. The van der Waals surface area contributed by atoms with Gasteiger partial charge in [0.1, 0.15) is 6.07 Å². The van der Waals surface area contributed by atoms with E-state index in [1.54, 1.807) is 0 Å². The van der Waals surface area contributed by atoms with Gasteiger partial charge in [-0.3, -0.25) is 10.5 Å². The Morgan fingerprint density at radius 2 is 2.22 bits per heavy atom. The van der Waals surface area contributed by atoms with Crippen molar-refractivity contribution >= 4 is 5.91 Å². The van der Waals surface area contributed by atoms with Gasteiger partial charge in [-0.25, -0.2) is 0 Å². The molecule has 0 aliphatic carbocycles. The van der Waals surface area contributed by atoms with Crippen LogP contribution in [0.15, 0.2) is 0 Å². The summed E-state index contributed by atoms with van der Waals surface area (Å²) in [6.07, 6.45) is 0. The summed E-state index contributed by atoms with van der Waals surface area (Å²) < 4.78 is 0. The molecule has 5 nitrogen and oxygen atoms in total. The minimum absolute atomic E-state index is 0. The van der Waals surface area contributed by atoms with Crippen LogP contribution >= 0.6 is 0 Å².